The largest absolute Gasteiger partial charge is 0.490 e. The zero-order valence-corrected chi connectivity index (χ0v) is 21.8. The topological polar surface area (TPSA) is 122 Å². The molecule has 2 saturated heterocycles. The van der Waals surface area contributed by atoms with Crippen molar-refractivity contribution in [3.63, 3.8) is 0 Å². The van der Waals surface area contributed by atoms with E-state index < -0.39 is 24.3 Å². The van der Waals surface area contributed by atoms with Gasteiger partial charge in [0.25, 0.3) is 0 Å². The van der Waals surface area contributed by atoms with Gasteiger partial charge in [-0.2, -0.15) is 26.3 Å². The van der Waals surface area contributed by atoms with Gasteiger partial charge in [0.15, 0.2) is 0 Å². The van der Waals surface area contributed by atoms with Gasteiger partial charge in [0.05, 0.1) is 40.2 Å². The van der Waals surface area contributed by atoms with E-state index in [1.807, 2.05) is 12.4 Å². The lowest BCUT2D eigenvalue weighted by atomic mass is 9.84. The Bertz CT molecular complexity index is 1040. The van der Waals surface area contributed by atoms with Gasteiger partial charge in [-0.3, -0.25) is 4.90 Å². The minimum absolute atomic E-state index is 0.000495. The van der Waals surface area contributed by atoms with Crippen LogP contribution in [0.3, 0.4) is 0 Å². The number of aryl methyl sites for hydroxylation is 2. The van der Waals surface area contributed by atoms with Crippen LogP contribution in [0.1, 0.15) is 34.1 Å². The summed E-state index contributed by atoms with van der Waals surface area (Å²) in [5.41, 5.74) is 4.14. The molecule has 1 atom stereocenters. The van der Waals surface area contributed by atoms with E-state index in [2.05, 4.69) is 27.2 Å². The normalized spacial score (nSPS) is 19.0. The summed E-state index contributed by atoms with van der Waals surface area (Å²) in [6.07, 6.45) is -7.90. The Morgan fingerprint density at radius 1 is 1.13 bits per heavy atom. The third kappa shape index (κ3) is 10.1. The number of alkyl halides is 6. The fourth-order valence-electron chi connectivity index (χ4n) is 3.58. The average molecular weight is 594 g/mol. The summed E-state index contributed by atoms with van der Waals surface area (Å²) >= 11 is 3.43. The number of rotatable bonds is 5. The number of carboxylic acid groups (broad SMARTS) is 2. The van der Waals surface area contributed by atoms with Crippen molar-refractivity contribution in [2.75, 3.05) is 19.7 Å². The van der Waals surface area contributed by atoms with E-state index in [0.717, 1.165) is 55.5 Å². The number of likely N-dealkylation sites (tertiary alicyclic amines) is 1. The summed E-state index contributed by atoms with van der Waals surface area (Å²) in [6, 6.07) is 0. The van der Waals surface area contributed by atoms with Gasteiger partial charge in [-0.1, -0.05) is 0 Å². The molecule has 2 aliphatic heterocycles. The Hall–Kier alpha value is -2.34. The predicted octanol–water partition coefficient (Wildman–Crippen LogP) is 4.43. The summed E-state index contributed by atoms with van der Waals surface area (Å²) < 4.78 is 75.7. The molecule has 9 nitrogen and oxygen atoms in total. The van der Waals surface area contributed by atoms with Crippen molar-refractivity contribution >= 4 is 34.6 Å². The Morgan fingerprint density at radius 2 is 1.71 bits per heavy atom. The van der Waals surface area contributed by atoms with Crippen molar-refractivity contribution in [1.82, 2.24) is 14.9 Å². The molecular weight excluding hydrogens is 568 g/mol. The smallest absolute Gasteiger partial charge is 0.475 e. The van der Waals surface area contributed by atoms with Crippen LogP contribution in [-0.2, 0) is 32.2 Å². The lowest BCUT2D eigenvalue weighted by Gasteiger charge is -2.53. The van der Waals surface area contributed by atoms with E-state index in [4.69, 9.17) is 29.3 Å². The molecule has 0 radical (unpaired) electrons. The summed E-state index contributed by atoms with van der Waals surface area (Å²) in [4.78, 5) is 30.4. The van der Waals surface area contributed by atoms with Crippen LogP contribution in [0, 0.1) is 13.8 Å². The number of hydrogen-bond donors (Lipinski definition) is 2. The van der Waals surface area contributed by atoms with E-state index in [9.17, 15) is 26.3 Å². The molecular formula is C21H25F6N3O6S2. The van der Waals surface area contributed by atoms with Crippen molar-refractivity contribution < 1.29 is 55.6 Å². The van der Waals surface area contributed by atoms with E-state index in [1.165, 1.54) is 4.88 Å². The minimum Gasteiger partial charge on any atom is -0.475 e. The second kappa shape index (κ2) is 13.1. The van der Waals surface area contributed by atoms with Crippen molar-refractivity contribution in [3.8, 4) is 0 Å². The number of halogens is 6. The Balaban J connectivity index is 0.000000301. The molecule has 1 unspecified atom stereocenters. The van der Waals surface area contributed by atoms with Gasteiger partial charge in [0, 0.05) is 42.9 Å². The number of nitrogens with zero attached hydrogens (tertiary/aromatic N) is 3. The Morgan fingerprint density at radius 3 is 2.16 bits per heavy atom. The number of aliphatic carboxylic acids is 2. The van der Waals surface area contributed by atoms with Crippen LogP contribution in [0.4, 0.5) is 26.3 Å². The lowest BCUT2D eigenvalue weighted by molar-refractivity contribution is -0.200. The number of carbonyl (C=O) groups is 2. The maximum atomic E-state index is 10.6. The van der Waals surface area contributed by atoms with Gasteiger partial charge in [-0.05, 0) is 20.3 Å². The van der Waals surface area contributed by atoms with Gasteiger partial charge < -0.3 is 19.7 Å². The zero-order chi connectivity index (χ0) is 28.7. The minimum atomic E-state index is -5.08. The van der Waals surface area contributed by atoms with Gasteiger partial charge in [-0.25, -0.2) is 19.6 Å². The summed E-state index contributed by atoms with van der Waals surface area (Å²) in [5.74, 6) is -5.51. The predicted molar refractivity (Wildman–Crippen MR) is 123 cm³/mol. The molecule has 0 saturated carbocycles. The van der Waals surface area contributed by atoms with Crippen LogP contribution < -0.4 is 0 Å². The van der Waals surface area contributed by atoms with Crippen molar-refractivity contribution in [1.29, 1.82) is 0 Å². The molecule has 2 N–H and O–H groups in total. The molecule has 38 heavy (non-hydrogen) atoms. The first-order valence-corrected chi connectivity index (χ1v) is 12.6. The van der Waals surface area contributed by atoms with E-state index in [-0.39, 0.29) is 11.7 Å². The molecule has 2 aromatic rings. The molecule has 2 fully saturated rings. The highest BCUT2D eigenvalue weighted by Crippen LogP contribution is 2.37. The summed E-state index contributed by atoms with van der Waals surface area (Å²) in [5, 5.41) is 17.4. The molecule has 2 aliphatic rings. The van der Waals surface area contributed by atoms with Crippen LogP contribution in [0.25, 0.3) is 0 Å². The quantitative estimate of drug-likeness (QED) is 0.485. The summed E-state index contributed by atoms with van der Waals surface area (Å²) in [6.45, 7) is 8.53. The van der Waals surface area contributed by atoms with Gasteiger partial charge in [0.2, 0.25) is 0 Å². The molecule has 0 aliphatic carbocycles. The number of thiazole rings is 2. The first kappa shape index (κ1) is 31.9. The fraction of sp³-hybridized carbons (Fsp3) is 0.619. The van der Waals surface area contributed by atoms with E-state index >= 15 is 0 Å². The van der Waals surface area contributed by atoms with Gasteiger partial charge >= 0.3 is 24.3 Å². The van der Waals surface area contributed by atoms with Gasteiger partial charge in [0.1, 0.15) is 0 Å². The monoisotopic (exact) mass is 593 g/mol. The second-order valence-electron chi connectivity index (χ2n) is 8.43. The van der Waals surface area contributed by atoms with Gasteiger partial charge in [-0.15, -0.1) is 22.7 Å². The van der Waals surface area contributed by atoms with E-state index in [1.54, 1.807) is 22.7 Å². The first-order chi connectivity index (χ1) is 17.5. The van der Waals surface area contributed by atoms with Crippen LogP contribution in [-0.4, -0.2) is 80.8 Å². The Labute approximate surface area is 221 Å². The van der Waals surface area contributed by atoms with Crippen LogP contribution in [0.2, 0.25) is 0 Å². The molecule has 214 valence electrons. The second-order valence-corrected chi connectivity index (χ2v) is 10.4. The molecule has 0 bridgehead atoms. The molecule has 4 rings (SSSR count). The van der Waals surface area contributed by atoms with E-state index in [0.29, 0.717) is 6.61 Å². The molecule has 17 heteroatoms. The maximum Gasteiger partial charge on any atom is 0.490 e. The SMILES string of the molecule is Cc1nc(COC2CCOC3(C2)CN(Cc2scnc2C)C3)cs1.O=C(O)C(F)(F)F.O=C(O)C(F)(F)F. The molecule has 0 aromatic carbocycles. The molecule has 0 amide bonds. The highest BCUT2D eigenvalue weighted by molar-refractivity contribution is 7.09. The molecule has 2 aromatic heterocycles. The zero-order valence-electron chi connectivity index (χ0n) is 20.1. The standard InChI is InChI=1S/C17H23N3O2S2.2C2HF3O2/c1-12-16(24-11-18-12)6-20-9-17(10-20)5-15(3-4-22-17)21-7-14-8-23-13(2)19-14;2*3-2(4,5)1(6)7/h8,11,15H,3-7,9-10H2,1-2H3;2*(H,6,7). The van der Waals surface area contributed by atoms with Crippen molar-refractivity contribution in [2.45, 2.75) is 63.9 Å². The van der Waals surface area contributed by atoms with Crippen LogP contribution >= 0.6 is 22.7 Å². The van der Waals surface area contributed by atoms with Crippen LogP contribution in [0.15, 0.2) is 10.9 Å². The first-order valence-electron chi connectivity index (χ1n) is 10.9. The number of carboxylic acids is 2. The maximum absolute atomic E-state index is 10.6. The summed E-state index contributed by atoms with van der Waals surface area (Å²) in [7, 11) is 0. The number of aromatic nitrogens is 2. The lowest BCUT2D eigenvalue weighted by Crippen LogP contribution is -2.65. The Kier molecular flexibility index (Phi) is 11.0. The van der Waals surface area contributed by atoms with Crippen LogP contribution in [0.5, 0.6) is 0 Å². The van der Waals surface area contributed by atoms with Crippen molar-refractivity contribution in [3.05, 3.63) is 32.2 Å². The number of hydrogen-bond acceptors (Lipinski definition) is 9. The third-order valence-corrected chi connectivity index (χ3v) is 7.04. The molecule has 1 spiro atoms. The average Bonchev–Trinajstić information content (AvgIpc) is 3.38. The highest BCUT2D eigenvalue weighted by atomic mass is 32.1. The third-order valence-electron chi connectivity index (χ3n) is 5.30. The van der Waals surface area contributed by atoms with Crippen molar-refractivity contribution in [2.24, 2.45) is 0 Å². The highest BCUT2D eigenvalue weighted by Gasteiger charge is 2.47. The fourth-order valence-corrected chi connectivity index (χ4v) is 5.00. The number of ether oxygens (including phenoxy) is 2. The molecule has 4 heterocycles.